The lowest BCUT2D eigenvalue weighted by molar-refractivity contribution is -0.140. The number of rotatable bonds is 5. The Morgan fingerprint density at radius 2 is 2.06 bits per heavy atom. The first-order valence-corrected chi connectivity index (χ1v) is 11.2. The number of hydrogen-bond donors (Lipinski definition) is 1. The van der Waals surface area contributed by atoms with E-state index in [1.807, 2.05) is 18.2 Å². The normalized spacial score (nSPS) is 22.7. The molecule has 174 valence electrons. The van der Waals surface area contributed by atoms with Crippen LogP contribution in [0.2, 0.25) is 0 Å². The number of pyridine rings is 1. The molecule has 2 aliphatic heterocycles. The van der Waals surface area contributed by atoms with E-state index in [-0.39, 0.29) is 29.4 Å². The van der Waals surface area contributed by atoms with E-state index in [2.05, 4.69) is 25.8 Å². The minimum Gasteiger partial charge on any atom is -0.507 e. The standard InChI is InChI=1S/C26H30N2O5/c1-26(2,3)17-9-10-20(32-4)19(13-17)23(29)21-22(16-7-5-11-27-14-16)28(25(31)24(21)30)15-18-8-6-12-33-18/h5,7,9-11,13-14,18,22,29H,6,8,12,15H2,1-4H3/b23-21+. The molecule has 2 fully saturated rings. The first-order valence-electron chi connectivity index (χ1n) is 11.2. The Labute approximate surface area is 194 Å². The molecule has 1 aromatic carbocycles. The van der Waals surface area contributed by atoms with Crippen LogP contribution in [0.4, 0.5) is 0 Å². The summed E-state index contributed by atoms with van der Waals surface area (Å²) in [7, 11) is 1.51. The molecule has 1 N–H and O–H groups in total. The van der Waals surface area contributed by atoms with Crippen LogP contribution < -0.4 is 4.74 Å². The fourth-order valence-corrected chi connectivity index (χ4v) is 4.46. The molecule has 2 aromatic rings. The van der Waals surface area contributed by atoms with Gasteiger partial charge in [0.25, 0.3) is 11.7 Å². The number of ketones is 1. The summed E-state index contributed by atoms with van der Waals surface area (Å²) in [6.07, 6.45) is 4.86. The van der Waals surface area contributed by atoms with Gasteiger partial charge in [-0.2, -0.15) is 0 Å². The third-order valence-corrected chi connectivity index (χ3v) is 6.29. The fraction of sp³-hybridized carbons (Fsp3) is 0.423. The predicted octanol–water partition coefficient (Wildman–Crippen LogP) is 3.99. The molecule has 2 aliphatic rings. The first kappa shape index (κ1) is 23.0. The molecule has 0 aliphatic carbocycles. The maximum atomic E-state index is 13.3. The molecule has 7 heteroatoms. The highest BCUT2D eigenvalue weighted by Crippen LogP contribution is 2.42. The summed E-state index contributed by atoms with van der Waals surface area (Å²) in [4.78, 5) is 32.1. The van der Waals surface area contributed by atoms with Crippen molar-refractivity contribution >= 4 is 17.4 Å². The Balaban J connectivity index is 1.88. The van der Waals surface area contributed by atoms with Crippen LogP contribution in [0.25, 0.3) is 5.76 Å². The molecule has 2 saturated heterocycles. The number of carbonyl (C=O) groups is 2. The summed E-state index contributed by atoms with van der Waals surface area (Å²) in [5, 5.41) is 11.5. The number of nitrogens with zero attached hydrogens (tertiary/aromatic N) is 2. The molecule has 3 heterocycles. The number of benzene rings is 1. The molecular weight excluding hydrogens is 420 g/mol. The predicted molar refractivity (Wildman–Crippen MR) is 124 cm³/mol. The zero-order valence-electron chi connectivity index (χ0n) is 19.5. The molecular formula is C26H30N2O5. The van der Waals surface area contributed by atoms with Crippen molar-refractivity contribution in [1.82, 2.24) is 9.88 Å². The van der Waals surface area contributed by atoms with Gasteiger partial charge in [0.05, 0.1) is 30.4 Å². The lowest BCUT2D eigenvalue weighted by atomic mass is 9.85. The van der Waals surface area contributed by atoms with Crippen LogP contribution in [0.5, 0.6) is 5.75 Å². The Morgan fingerprint density at radius 3 is 2.67 bits per heavy atom. The second-order valence-electron chi connectivity index (χ2n) is 9.54. The zero-order chi connectivity index (χ0) is 23.8. The van der Waals surface area contributed by atoms with Crippen molar-refractivity contribution < 1.29 is 24.2 Å². The molecule has 0 radical (unpaired) electrons. The van der Waals surface area contributed by atoms with Gasteiger partial charge in [-0.3, -0.25) is 14.6 Å². The molecule has 0 saturated carbocycles. The second-order valence-corrected chi connectivity index (χ2v) is 9.54. The number of carbonyl (C=O) groups excluding carboxylic acids is 2. The van der Waals surface area contributed by atoms with Gasteiger partial charge in [-0.15, -0.1) is 0 Å². The molecule has 0 spiro atoms. The number of hydrogen-bond acceptors (Lipinski definition) is 6. The monoisotopic (exact) mass is 450 g/mol. The SMILES string of the molecule is COc1ccc(C(C)(C)C)cc1/C(O)=C1\C(=O)C(=O)N(CC2CCCO2)C1c1cccnc1. The number of ether oxygens (including phenoxy) is 2. The number of aliphatic hydroxyl groups excluding tert-OH is 1. The van der Waals surface area contributed by atoms with Crippen LogP contribution in [0.3, 0.4) is 0 Å². The largest absolute Gasteiger partial charge is 0.507 e. The summed E-state index contributed by atoms with van der Waals surface area (Å²) in [6.45, 7) is 7.11. The van der Waals surface area contributed by atoms with Gasteiger partial charge in [-0.05, 0) is 47.6 Å². The maximum absolute atomic E-state index is 13.3. The number of likely N-dealkylation sites (tertiary alicyclic amines) is 1. The Kier molecular flexibility index (Phi) is 6.26. The van der Waals surface area contributed by atoms with Crippen molar-refractivity contribution in [3.8, 4) is 5.75 Å². The highest BCUT2D eigenvalue weighted by molar-refractivity contribution is 6.46. The average Bonchev–Trinajstić information content (AvgIpc) is 3.40. The summed E-state index contributed by atoms with van der Waals surface area (Å²) in [5.74, 6) is -1.19. The number of Topliss-reactive ketones (excluding diaryl/α,β-unsaturated/α-hetero) is 1. The van der Waals surface area contributed by atoms with E-state index in [9.17, 15) is 14.7 Å². The molecule has 2 atom stereocenters. The third kappa shape index (κ3) is 4.37. The Hall–Kier alpha value is -3.19. The van der Waals surface area contributed by atoms with Crippen LogP contribution in [0.1, 0.15) is 56.3 Å². The van der Waals surface area contributed by atoms with Crippen molar-refractivity contribution in [2.75, 3.05) is 20.3 Å². The van der Waals surface area contributed by atoms with Gasteiger partial charge >= 0.3 is 0 Å². The average molecular weight is 451 g/mol. The highest BCUT2D eigenvalue weighted by Gasteiger charge is 2.47. The van der Waals surface area contributed by atoms with Gasteiger partial charge in [-0.1, -0.05) is 32.9 Å². The van der Waals surface area contributed by atoms with Crippen LogP contribution in [-0.4, -0.2) is 53.0 Å². The van der Waals surface area contributed by atoms with Crippen molar-refractivity contribution in [3.05, 3.63) is 65.0 Å². The van der Waals surface area contributed by atoms with Crippen molar-refractivity contribution in [2.45, 2.75) is 51.2 Å². The van der Waals surface area contributed by atoms with Crippen LogP contribution in [0, 0.1) is 0 Å². The summed E-state index contributed by atoms with van der Waals surface area (Å²) in [5.41, 5.74) is 1.86. The minimum absolute atomic E-state index is 0.0374. The third-order valence-electron chi connectivity index (χ3n) is 6.29. The van der Waals surface area contributed by atoms with Gasteiger partial charge in [0.15, 0.2) is 0 Å². The topological polar surface area (TPSA) is 89.0 Å². The van der Waals surface area contributed by atoms with Gasteiger partial charge < -0.3 is 19.5 Å². The number of methoxy groups -OCH3 is 1. The van der Waals surface area contributed by atoms with Crippen molar-refractivity contribution in [3.63, 3.8) is 0 Å². The van der Waals surface area contributed by atoms with Crippen LogP contribution in [0.15, 0.2) is 48.3 Å². The van der Waals surface area contributed by atoms with E-state index in [4.69, 9.17) is 9.47 Å². The number of aromatic nitrogens is 1. The van der Waals surface area contributed by atoms with Gasteiger partial charge in [-0.25, -0.2) is 0 Å². The van der Waals surface area contributed by atoms with E-state index in [1.54, 1.807) is 24.5 Å². The molecule has 1 aromatic heterocycles. The molecule has 33 heavy (non-hydrogen) atoms. The van der Waals surface area contributed by atoms with Crippen molar-refractivity contribution in [2.24, 2.45) is 0 Å². The summed E-state index contributed by atoms with van der Waals surface area (Å²) >= 11 is 0. The lowest BCUT2D eigenvalue weighted by Gasteiger charge is -2.27. The summed E-state index contributed by atoms with van der Waals surface area (Å²) < 4.78 is 11.2. The van der Waals surface area contributed by atoms with Gasteiger partial charge in [0, 0.05) is 25.5 Å². The zero-order valence-corrected chi connectivity index (χ0v) is 19.5. The number of aliphatic hydroxyl groups is 1. The first-order chi connectivity index (χ1) is 15.7. The van der Waals surface area contributed by atoms with E-state index in [0.29, 0.717) is 23.5 Å². The maximum Gasteiger partial charge on any atom is 0.295 e. The van der Waals surface area contributed by atoms with E-state index in [1.165, 1.54) is 12.0 Å². The quantitative estimate of drug-likeness (QED) is 0.421. The molecule has 7 nitrogen and oxygen atoms in total. The second kappa shape index (κ2) is 8.98. The van der Waals surface area contributed by atoms with Gasteiger partial charge in [0.1, 0.15) is 11.5 Å². The Bertz CT molecular complexity index is 1080. The van der Waals surface area contributed by atoms with E-state index >= 15 is 0 Å². The fourth-order valence-electron chi connectivity index (χ4n) is 4.46. The molecule has 1 amide bonds. The van der Waals surface area contributed by atoms with E-state index in [0.717, 1.165) is 18.4 Å². The van der Waals surface area contributed by atoms with Gasteiger partial charge in [0.2, 0.25) is 0 Å². The molecule has 4 rings (SSSR count). The Morgan fingerprint density at radius 1 is 1.27 bits per heavy atom. The van der Waals surface area contributed by atoms with Crippen LogP contribution >= 0.6 is 0 Å². The lowest BCUT2D eigenvalue weighted by Crippen LogP contribution is -2.36. The molecule has 0 bridgehead atoms. The smallest absolute Gasteiger partial charge is 0.295 e. The minimum atomic E-state index is -0.758. The summed E-state index contributed by atoms with van der Waals surface area (Å²) in [6, 6.07) is 8.33. The highest BCUT2D eigenvalue weighted by atomic mass is 16.5. The number of amides is 1. The van der Waals surface area contributed by atoms with Crippen LogP contribution in [-0.2, 0) is 19.7 Å². The van der Waals surface area contributed by atoms with Crippen molar-refractivity contribution in [1.29, 1.82) is 0 Å². The molecule has 2 unspecified atom stereocenters. The van der Waals surface area contributed by atoms with E-state index < -0.39 is 17.7 Å².